The zero-order valence-electron chi connectivity index (χ0n) is 11.9. The molecule has 1 aromatic carbocycles. The summed E-state index contributed by atoms with van der Waals surface area (Å²) < 4.78 is 0. The van der Waals surface area contributed by atoms with Crippen LogP contribution >= 0.6 is 11.8 Å². The number of amidine groups is 1. The molecule has 3 rings (SSSR count). The fraction of sp³-hybridized carbons (Fsp3) is 0.125. The van der Waals surface area contributed by atoms with Crippen molar-refractivity contribution in [1.29, 1.82) is 15.8 Å². The summed E-state index contributed by atoms with van der Waals surface area (Å²) in [6.07, 6.45) is 0. The molecule has 0 aromatic heterocycles. The average Bonchev–Trinajstić information content (AvgIpc) is 3.19. The molecular weight excluding hydrogens is 308 g/mol. The van der Waals surface area contributed by atoms with Gasteiger partial charge in [-0.2, -0.15) is 15.8 Å². The Morgan fingerprint density at radius 3 is 2.52 bits per heavy atom. The van der Waals surface area contributed by atoms with Crippen molar-refractivity contribution in [1.82, 2.24) is 4.90 Å². The minimum Gasteiger partial charge on any atom is -0.345 e. The summed E-state index contributed by atoms with van der Waals surface area (Å²) in [4.78, 5) is 6.60. The van der Waals surface area contributed by atoms with Gasteiger partial charge in [-0.25, -0.2) is 0 Å². The molecule has 0 saturated heterocycles. The van der Waals surface area contributed by atoms with Crippen LogP contribution in [0.15, 0.2) is 45.9 Å². The summed E-state index contributed by atoms with van der Waals surface area (Å²) in [6.45, 7) is 1.71. The molecule has 2 aliphatic rings. The molecule has 2 aliphatic heterocycles. The lowest BCUT2D eigenvalue weighted by Crippen LogP contribution is -2.19. The van der Waals surface area contributed by atoms with Gasteiger partial charge in [0.1, 0.15) is 23.9 Å². The number of allylic oxidation sites excluding steroid dienone is 2. The van der Waals surface area contributed by atoms with Gasteiger partial charge in [0.25, 0.3) is 0 Å². The normalized spacial score (nSPS) is 14.7. The number of aliphatic imine (C=N–C) groups is 1. The molecule has 0 amide bonds. The smallest absolute Gasteiger partial charge is 0.168 e. The number of thioether (sulfide) groups is 1. The number of anilines is 1. The van der Waals surface area contributed by atoms with E-state index in [2.05, 4.69) is 20.6 Å². The summed E-state index contributed by atoms with van der Waals surface area (Å²) in [7, 11) is 0. The lowest BCUT2D eigenvalue weighted by Gasteiger charge is -2.16. The predicted octanol–water partition coefficient (Wildman–Crippen LogP) is 2.64. The summed E-state index contributed by atoms with van der Waals surface area (Å²) in [5, 5.41) is 32.6. The van der Waals surface area contributed by atoms with Crippen molar-refractivity contribution in [3.8, 4) is 18.2 Å². The number of hydrogen-bond acceptors (Lipinski definition) is 7. The SMILES string of the molecule is N#CC(C#N)=C(C#N)Nc1ccc(C2=CSC3=NCCN23)cc1. The lowest BCUT2D eigenvalue weighted by molar-refractivity contribution is 0.650. The Morgan fingerprint density at radius 2 is 1.87 bits per heavy atom. The van der Waals surface area contributed by atoms with Gasteiger partial charge < -0.3 is 10.2 Å². The monoisotopic (exact) mass is 318 g/mol. The first-order valence-electron chi connectivity index (χ1n) is 6.77. The van der Waals surface area contributed by atoms with Crippen LogP contribution in [0.1, 0.15) is 5.56 Å². The highest BCUT2D eigenvalue weighted by Gasteiger charge is 2.26. The molecule has 110 valence electrons. The number of rotatable bonds is 3. The van der Waals surface area contributed by atoms with Crippen molar-refractivity contribution < 1.29 is 0 Å². The summed E-state index contributed by atoms with van der Waals surface area (Å²) in [5.74, 6) is 0. The van der Waals surface area contributed by atoms with Gasteiger partial charge in [-0.3, -0.25) is 4.99 Å². The third kappa shape index (κ3) is 2.76. The Bertz CT molecular complexity index is 842. The Kier molecular flexibility index (Phi) is 4.01. The molecule has 6 nitrogen and oxygen atoms in total. The van der Waals surface area contributed by atoms with Crippen LogP contribution in [-0.4, -0.2) is 23.2 Å². The summed E-state index contributed by atoms with van der Waals surface area (Å²) in [6, 6.07) is 12.7. The van der Waals surface area contributed by atoms with E-state index >= 15 is 0 Å². The molecule has 0 atom stereocenters. The van der Waals surface area contributed by atoms with Crippen LogP contribution in [0.2, 0.25) is 0 Å². The Morgan fingerprint density at radius 1 is 1.13 bits per heavy atom. The van der Waals surface area contributed by atoms with Crippen LogP contribution in [0.25, 0.3) is 5.70 Å². The molecule has 0 bridgehead atoms. The minimum absolute atomic E-state index is 0.0487. The van der Waals surface area contributed by atoms with Crippen LogP contribution in [0, 0.1) is 34.0 Å². The van der Waals surface area contributed by atoms with E-state index < -0.39 is 0 Å². The molecule has 1 aromatic rings. The number of fused-ring (bicyclic) bond motifs is 1. The number of nitrogens with zero attached hydrogens (tertiary/aromatic N) is 5. The highest BCUT2D eigenvalue weighted by molar-refractivity contribution is 8.16. The third-order valence-corrected chi connectivity index (χ3v) is 4.31. The van der Waals surface area contributed by atoms with Crippen molar-refractivity contribution in [2.45, 2.75) is 0 Å². The molecule has 0 fully saturated rings. The quantitative estimate of drug-likeness (QED) is 0.860. The zero-order chi connectivity index (χ0) is 16.2. The van der Waals surface area contributed by atoms with Gasteiger partial charge >= 0.3 is 0 Å². The van der Waals surface area contributed by atoms with Crippen molar-refractivity contribution in [2.75, 3.05) is 18.4 Å². The van der Waals surface area contributed by atoms with Gasteiger partial charge in [0.2, 0.25) is 0 Å². The van der Waals surface area contributed by atoms with E-state index in [1.165, 1.54) is 0 Å². The first-order valence-corrected chi connectivity index (χ1v) is 7.65. The fourth-order valence-electron chi connectivity index (χ4n) is 2.30. The van der Waals surface area contributed by atoms with Crippen molar-refractivity contribution >= 4 is 28.3 Å². The van der Waals surface area contributed by atoms with Crippen molar-refractivity contribution in [2.24, 2.45) is 4.99 Å². The lowest BCUT2D eigenvalue weighted by atomic mass is 10.1. The molecule has 0 unspecified atom stereocenters. The molecule has 0 saturated carbocycles. The van der Waals surface area contributed by atoms with Crippen LogP contribution in [0.3, 0.4) is 0 Å². The predicted molar refractivity (Wildman–Crippen MR) is 88.5 cm³/mol. The van der Waals surface area contributed by atoms with Crippen LogP contribution < -0.4 is 5.32 Å². The molecule has 1 N–H and O–H groups in total. The highest BCUT2D eigenvalue weighted by Crippen LogP contribution is 2.35. The molecule has 0 aliphatic carbocycles. The number of benzene rings is 1. The van der Waals surface area contributed by atoms with E-state index in [4.69, 9.17) is 15.8 Å². The van der Waals surface area contributed by atoms with E-state index in [0.717, 1.165) is 29.5 Å². The number of nitrogens with one attached hydrogen (secondary N) is 1. The maximum Gasteiger partial charge on any atom is 0.168 e. The molecule has 0 radical (unpaired) electrons. The largest absolute Gasteiger partial charge is 0.345 e. The first-order chi connectivity index (χ1) is 11.3. The Hall–Kier alpha value is -3.21. The Balaban J connectivity index is 1.80. The maximum absolute atomic E-state index is 9.05. The zero-order valence-corrected chi connectivity index (χ0v) is 12.8. The van der Waals surface area contributed by atoms with Crippen LogP contribution in [0.4, 0.5) is 5.69 Å². The van der Waals surface area contributed by atoms with E-state index in [1.54, 1.807) is 23.9 Å². The topological polar surface area (TPSA) is 99.0 Å². The number of nitriles is 3. The van der Waals surface area contributed by atoms with Gasteiger partial charge in [0.15, 0.2) is 10.7 Å². The van der Waals surface area contributed by atoms with Crippen LogP contribution in [-0.2, 0) is 0 Å². The average molecular weight is 318 g/mol. The standard InChI is InChI=1S/C16H10N6S/c17-7-12(8-18)14(9-19)21-13-3-1-11(2-4-13)15-10-23-16-20-5-6-22(15)16/h1-4,10,21H,5-6H2. The van der Waals surface area contributed by atoms with Gasteiger partial charge in [-0.05, 0) is 17.7 Å². The summed E-state index contributed by atoms with van der Waals surface area (Å²) in [5.41, 5.74) is 2.54. The molecule has 23 heavy (non-hydrogen) atoms. The molecule has 7 heteroatoms. The van der Waals surface area contributed by atoms with Crippen LogP contribution in [0.5, 0.6) is 0 Å². The summed E-state index contributed by atoms with van der Waals surface area (Å²) >= 11 is 1.62. The maximum atomic E-state index is 9.05. The van der Waals surface area contributed by atoms with Gasteiger partial charge in [-0.15, -0.1) is 0 Å². The molecule has 2 heterocycles. The third-order valence-electron chi connectivity index (χ3n) is 3.40. The van der Waals surface area contributed by atoms with E-state index in [9.17, 15) is 0 Å². The number of hydrogen-bond donors (Lipinski definition) is 1. The second kappa shape index (κ2) is 6.27. The fourth-order valence-corrected chi connectivity index (χ4v) is 3.26. The highest BCUT2D eigenvalue weighted by atomic mass is 32.2. The van der Waals surface area contributed by atoms with E-state index in [-0.39, 0.29) is 11.3 Å². The molecular formula is C16H10N6S. The van der Waals surface area contributed by atoms with E-state index in [1.807, 2.05) is 30.3 Å². The van der Waals surface area contributed by atoms with E-state index in [0.29, 0.717) is 5.69 Å². The van der Waals surface area contributed by atoms with Gasteiger partial charge in [0, 0.05) is 17.6 Å². The minimum atomic E-state index is -0.232. The molecule has 0 spiro atoms. The van der Waals surface area contributed by atoms with Crippen molar-refractivity contribution in [3.05, 3.63) is 46.5 Å². The second-order valence-electron chi connectivity index (χ2n) is 4.72. The second-order valence-corrected chi connectivity index (χ2v) is 5.56. The van der Waals surface area contributed by atoms with Gasteiger partial charge in [-0.1, -0.05) is 23.9 Å². The van der Waals surface area contributed by atoms with Crippen molar-refractivity contribution in [3.63, 3.8) is 0 Å². The Labute approximate surface area is 137 Å². The van der Waals surface area contributed by atoms with Gasteiger partial charge in [0.05, 0.1) is 12.2 Å². The first kappa shape index (κ1) is 14.7.